The van der Waals surface area contributed by atoms with Crippen molar-refractivity contribution in [3.8, 4) is 5.75 Å². The Kier molecular flexibility index (Phi) is 11.1. The van der Waals surface area contributed by atoms with E-state index in [1.54, 1.807) is 49.4 Å². The van der Waals surface area contributed by atoms with Gasteiger partial charge >= 0.3 is 0 Å². The van der Waals surface area contributed by atoms with E-state index in [9.17, 15) is 18.0 Å². The van der Waals surface area contributed by atoms with Crippen molar-refractivity contribution in [3.05, 3.63) is 87.9 Å². The van der Waals surface area contributed by atoms with E-state index in [1.165, 1.54) is 36.3 Å². The zero-order valence-electron chi connectivity index (χ0n) is 23.7. The molecule has 0 saturated carbocycles. The van der Waals surface area contributed by atoms with Gasteiger partial charge in [0.1, 0.15) is 18.3 Å². The van der Waals surface area contributed by atoms with Crippen LogP contribution in [0.2, 0.25) is 10.0 Å². The van der Waals surface area contributed by atoms with E-state index in [4.69, 9.17) is 27.9 Å². The lowest BCUT2D eigenvalue weighted by atomic mass is 10.1. The number of nitrogens with one attached hydrogen (secondary N) is 1. The Morgan fingerprint density at radius 3 is 2.12 bits per heavy atom. The molecular formula is C30H35Cl2N3O5S. The number of carbonyl (C=O) groups is 2. The average Bonchev–Trinajstić information content (AvgIpc) is 2.93. The minimum Gasteiger partial charge on any atom is -0.495 e. The minimum atomic E-state index is -4.27. The predicted molar refractivity (Wildman–Crippen MR) is 163 cm³/mol. The van der Waals surface area contributed by atoms with E-state index < -0.39 is 28.5 Å². The molecule has 0 unspecified atom stereocenters. The fraction of sp³-hybridized carbons (Fsp3) is 0.333. The highest BCUT2D eigenvalue weighted by Gasteiger charge is 2.34. The Hall–Kier alpha value is -3.27. The molecule has 3 rings (SSSR count). The summed E-state index contributed by atoms with van der Waals surface area (Å²) in [5.41, 5.74) is 1.69. The van der Waals surface area contributed by atoms with Gasteiger partial charge < -0.3 is 15.0 Å². The topological polar surface area (TPSA) is 96.0 Å². The second-order valence-corrected chi connectivity index (χ2v) is 12.8. The third-order valence-corrected chi connectivity index (χ3v) is 8.68. The molecule has 0 spiro atoms. The van der Waals surface area contributed by atoms with E-state index >= 15 is 0 Å². The molecule has 0 aliphatic rings. The Morgan fingerprint density at radius 2 is 1.54 bits per heavy atom. The lowest BCUT2D eigenvalue weighted by Crippen LogP contribution is -2.51. The molecule has 0 aliphatic carbocycles. The lowest BCUT2D eigenvalue weighted by Gasteiger charge is -2.32. The summed E-state index contributed by atoms with van der Waals surface area (Å²) in [6.07, 6.45) is 0. The van der Waals surface area contributed by atoms with E-state index in [0.29, 0.717) is 11.6 Å². The average molecular weight is 621 g/mol. The van der Waals surface area contributed by atoms with Crippen molar-refractivity contribution in [2.45, 2.75) is 45.2 Å². The molecule has 220 valence electrons. The number of ether oxygens (including phenoxy) is 1. The number of halogens is 2. The van der Waals surface area contributed by atoms with Crippen molar-refractivity contribution in [2.75, 3.05) is 24.5 Å². The molecule has 1 N–H and O–H groups in total. The second-order valence-electron chi connectivity index (χ2n) is 10.1. The fourth-order valence-corrected chi connectivity index (χ4v) is 5.74. The number of hydrogen-bond donors (Lipinski definition) is 1. The summed E-state index contributed by atoms with van der Waals surface area (Å²) in [6, 6.07) is 16.8. The Balaban J connectivity index is 2.08. The molecule has 3 aromatic carbocycles. The van der Waals surface area contributed by atoms with Crippen LogP contribution in [0.4, 0.5) is 5.69 Å². The van der Waals surface area contributed by atoms with E-state index in [0.717, 1.165) is 15.4 Å². The summed E-state index contributed by atoms with van der Waals surface area (Å²) < 4.78 is 34.5. The van der Waals surface area contributed by atoms with Crippen LogP contribution in [0.5, 0.6) is 5.75 Å². The molecule has 0 aromatic heterocycles. The van der Waals surface area contributed by atoms with Gasteiger partial charge in [0.25, 0.3) is 10.0 Å². The standard InChI is InChI=1S/C30H35Cl2N3O5S/c1-20(2)17-33-30(37)22(4)34(18-23-8-10-24(31)11-9-23)29(36)19-35(27-16-25(32)12-15-28(27)40-5)41(38,39)26-13-6-21(3)7-14-26/h6-16,20,22H,17-19H2,1-5H3,(H,33,37)/t22-/m1/s1. The predicted octanol–water partition coefficient (Wildman–Crippen LogP) is 5.70. The van der Waals surface area contributed by atoms with Crippen LogP contribution in [-0.2, 0) is 26.2 Å². The van der Waals surface area contributed by atoms with Crippen LogP contribution in [0, 0.1) is 12.8 Å². The monoisotopic (exact) mass is 619 g/mol. The summed E-state index contributed by atoms with van der Waals surface area (Å²) in [6.45, 7) is 7.27. The number of anilines is 1. The van der Waals surface area contributed by atoms with Crippen LogP contribution in [-0.4, -0.2) is 51.4 Å². The Bertz CT molecular complexity index is 1460. The zero-order valence-corrected chi connectivity index (χ0v) is 26.1. The summed E-state index contributed by atoms with van der Waals surface area (Å²) in [7, 11) is -2.86. The summed E-state index contributed by atoms with van der Waals surface area (Å²) >= 11 is 12.3. The van der Waals surface area contributed by atoms with Gasteiger partial charge in [0, 0.05) is 23.1 Å². The molecule has 0 saturated heterocycles. The highest BCUT2D eigenvalue weighted by Crippen LogP contribution is 2.35. The largest absolute Gasteiger partial charge is 0.495 e. The van der Waals surface area contributed by atoms with Crippen LogP contribution in [0.1, 0.15) is 31.9 Å². The number of hydrogen-bond acceptors (Lipinski definition) is 5. The molecule has 0 radical (unpaired) electrons. The first kappa shape index (κ1) is 32.2. The first-order valence-electron chi connectivity index (χ1n) is 13.1. The molecule has 1 atom stereocenters. The SMILES string of the molecule is COc1ccc(Cl)cc1N(CC(=O)N(Cc1ccc(Cl)cc1)[C@H](C)C(=O)NCC(C)C)S(=O)(=O)c1ccc(C)cc1. The van der Waals surface area contributed by atoms with Gasteiger partial charge in [-0.3, -0.25) is 13.9 Å². The van der Waals surface area contributed by atoms with Crippen molar-refractivity contribution in [2.24, 2.45) is 5.92 Å². The summed E-state index contributed by atoms with van der Waals surface area (Å²) in [5.74, 6) is -0.527. The van der Waals surface area contributed by atoms with Crippen LogP contribution in [0.25, 0.3) is 0 Å². The highest BCUT2D eigenvalue weighted by molar-refractivity contribution is 7.92. The number of rotatable bonds is 12. The van der Waals surface area contributed by atoms with E-state index in [1.807, 2.05) is 20.8 Å². The number of benzene rings is 3. The molecule has 0 heterocycles. The fourth-order valence-electron chi connectivity index (χ4n) is 4.03. The van der Waals surface area contributed by atoms with E-state index in [2.05, 4.69) is 5.32 Å². The molecule has 8 nitrogen and oxygen atoms in total. The van der Waals surface area contributed by atoms with Gasteiger partial charge in [0.15, 0.2) is 0 Å². The lowest BCUT2D eigenvalue weighted by molar-refractivity contribution is -0.139. The Morgan fingerprint density at radius 1 is 0.927 bits per heavy atom. The maximum absolute atomic E-state index is 14.0. The third-order valence-electron chi connectivity index (χ3n) is 6.42. The van der Waals surface area contributed by atoms with Gasteiger partial charge in [0.2, 0.25) is 11.8 Å². The summed E-state index contributed by atoms with van der Waals surface area (Å²) in [4.78, 5) is 28.5. The number of aryl methyl sites for hydroxylation is 1. The van der Waals surface area contributed by atoms with Crippen molar-refractivity contribution < 1.29 is 22.7 Å². The number of carbonyl (C=O) groups excluding carboxylic acids is 2. The minimum absolute atomic E-state index is 0.00935. The van der Waals surface area contributed by atoms with Crippen molar-refractivity contribution >= 4 is 50.7 Å². The van der Waals surface area contributed by atoms with Gasteiger partial charge in [0.05, 0.1) is 17.7 Å². The van der Waals surface area contributed by atoms with Gasteiger partial charge in [-0.25, -0.2) is 8.42 Å². The molecule has 0 fully saturated rings. The van der Waals surface area contributed by atoms with Crippen LogP contribution < -0.4 is 14.4 Å². The molecule has 2 amide bonds. The maximum atomic E-state index is 14.0. The quantitative estimate of drug-likeness (QED) is 0.281. The van der Waals surface area contributed by atoms with Gasteiger partial charge in [-0.05, 0) is 67.8 Å². The number of methoxy groups -OCH3 is 1. The zero-order chi connectivity index (χ0) is 30.3. The first-order valence-corrected chi connectivity index (χ1v) is 15.3. The Labute approximate surface area is 252 Å². The molecule has 3 aromatic rings. The molecule has 0 aliphatic heterocycles. The van der Waals surface area contributed by atoms with Crippen molar-refractivity contribution in [1.29, 1.82) is 0 Å². The maximum Gasteiger partial charge on any atom is 0.264 e. The molecule has 41 heavy (non-hydrogen) atoms. The summed E-state index contributed by atoms with van der Waals surface area (Å²) in [5, 5.41) is 3.65. The van der Waals surface area contributed by atoms with Crippen LogP contribution >= 0.6 is 23.2 Å². The molecular weight excluding hydrogens is 585 g/mol. The normalized spacial score (nSPS) is 12.1. The van der Waals surface area contributed by atoms with E-state index in [-0.39, 0.29) is 39.7 Å². The first-order chi connectivity index (χ1) is 19.3. The smallest absolute Gasteiger partial charge is 0.264 e. The highest BCUT2D eigenvalue weighted by atomic mass is 35.5. The van der Waals surface area contributed by atoms with Crippen LogP contribution in [0.3, 0.4) is 0 Å². The van der Waals surface area contributed by atoms with Crippen LogP contribution in [0.15, 0.2) is 71.6 Å². The second kappa shape index (κ2) is 14.1. The van der Waals surface area contributed by atoms with Crippen molar-refractivity contribution in [3.63, 3.8) is 0 Å². The van der Waals surface area contributed by atoms with Gasteiger partial charge in [-0.2, -0.15) is 0 Å². The number of nitrogens with zero attached hydrogens (tertiary/aromatic N) is 2. The number of sulfonamides is 1. The molecule has 11 heteroatoms. The molecule has 0 bridgehead atoms. The van der Waals surface area contributed by atoms with Crippen molar-refractivity contribution in [1.82, 2.24) is 10.2 Å². The third kappa shape index (κ3) is 8.38. The number of amides is 2. The van der Waals surface area contributed by atoms with Gasteiger partial charge in [-0.1, -0.05) is 66.9 Å². The van der Waals surface area contributed by atoms with Gasteiger partial charge in [-0.15, -0.1) is 0 Å².